The number of hydrogen-bond acceptors (Lipinski definition) is 6. The minimum Gasteiger partial charge on any atom is -0.252 e. The molecule has 6 rings (SSSR count). The van der Waals surface area contributed by atoms with Crippen LogP contribution in [0.3, 0.4) is 0 Å². The minimum absolute atomic E-state index is 0.0989. The van der Waals surface area contributed by atoms with Gasteiger partial charge in [0.2, 0.25) is 0 Å². The maximum absolute atomic E-state index is 15.1. The SMILES string of the molecule is C/C(=N\c1ccc(C(C)(c2ccc(/N=C(\C)c3cccc(/C(C)=N/c4c(C)cc(C)cc4C)n3)cc2)C(F)(F)F)cc1)c1cccc(/C(C)=N/c2c(C)cc(C)cc2C)n1. The predicted octanol–water partition coefficient (Wildman–Crippen LogP) is 13.8. The Kier molecular flexibility index (Phi) is 12.6. The summed E-state index contributed by atoms with van der Waals surface area (Å²) in [5, 5.41) is 0. The molecule has 60 heavy (non-hydrogen) atoms. The highest BCUT2D eigenvalue weighted by atomic mass is 19.4. The molecule has 0 amide bonds. The molecule has 2 aromatic heterocycles. The van der Waals surface area contributed by atoms with Gasteiger partial charge in [0.1, 0.15) is 5.41 Å². The van der Waals surface area contributed by atoms with Crippen molar-refractivity contribution in [3.05, 3.63) is 176 Å². The van der Waals surface area contributed by atoms with Crippen LogP contribution in [-0.2, 0) is 5.41 Å². The zero-order valence-corrected chi connectivity index (χ0v) is 36.2. The maximum Gasteiger partial charge on any atom is 0.402 e. The van der Waals surface area contributed by atoms with Crippen LogP contribution in [-0.4, -0.2) is 39.0 Å². The van der Waals surface area contributed by atoms with E-state index in [1.165, 1.54) is 42.3 Å². The van der Waals surface area contributed by atoms with Crippen LogP contribution in [0.1, 0.15) is 102 Å². The molecule has 306 valence electrons. The Bertz CT molecular complexity index is 2460. The zero-order chi connectivity index (χ0) is 43.5. The molecule has 0 bridgehead atoms. The van der Waals surface area contributed by atoms with Crippen molar-refractivity contribution in [2.75, 3.05) is 0 Å². The topological polar surface area (TPSA) is 75.2 Å². The van der Waals surface area contributed by atoms with Gasteiger partial charge in [-0.15, -0.1) is 0 Å². The number of benzene rings is 4. The average Bonchev–Trinajstić information content (AvgIpc) is 3.20. The highest BCUT2D eigenvalue weighted by Crippen LogP contribution is 2.46. The van der Waals surface area contributed by atoms with Crippen molar-refractivity contribution in [2.45, 2.75) is 87.8 Å². The van der Waals surface area contributed by atoms with E-state index in [0.717, 1.165) is 56.4 Å². The Morgan fingerprint density at radius 2 is 0.717 bits per heavy atom. The second kappa shape index (κ2) is 17.5. The van der Waals surface area contributed by atoms with Gasteiger partial charge in [-0.1, -0.05) is 71.8 Å². The highest BCUT2D eigenvalue weighted by Gasteiger charge is 2.53. The van der Waals surface area contributed by atoms with E-state index in [4.69, 9.17) is 29.9 Å². The van der Waals surface area contributed by atoms with E-state index < -0.39 is 11.6 Å². The number of aromatic nitrogens is 2. The molecule has 0 saturated heterocycles. The van der Waals surface area contributed by atoms with Crippen molar-refractivity contribution in [2.24, 2.45) is 20.0 Å². The lowest BCUT2D eigenvalue weighted by atomic mass is 9.75. The molecule has 0 atom stereocenters. The first-order valence-corrected chi connectivity index (χ1v) is 19.9. The fourth-order valence-corrected chi connectivity index (χ4v) is 7.56. The van der Waals surface area contributed by atoms with Gasteiger partial charge in [0.15, 0.2) is 0 Å². The molecule has 0 unspecified atom stereocenters. The second-order valence-electron chi connectivity index (χ2n) is 15.8. The van der Waals surface area contributed by atoms with Crippen molar-refractivity contribution < 1.29 is 13.2 Å². The lowest BCUT2D eigenvalue weighted by molar-refractivity contribution is -0.173. The molecule has 0 aliphatic rings. The third kappa shape index (κ3) is 9.41. The summed E-state index contributed by atoms with van der Waals surface area (Å²) < 4.78 is 45.2. The van der Waals surface area contributed by atoms with Crippen LogP contribution < -0.4 is 0 Å². The first-order valence-electron chi connectivity index (χ1n) is 19.9. The number of nitrogens with zero attached hydrogens (tertiary/aromatic N) is 6. The molecule has 0 radical (unpaired) electrons. The molecule has 9 heteroatoms. The molecule has 0 saturated carbocycles. The van der Waals surface area contributed by atoms with Gasteiger partial charge in [-0.05, 0) is 158 Å². The summed E-state index contributed by atoms with van der Waals surface area (Å²) >= 11 is 0. The number of aliphatic imine (C=N–C) groups is 4. The summed E-state index contributed by atoms with van der Waals surface area (Å²) in [6.45, 7) is 21.1. The number of aryl methyl sites for hydroxylation is 6. The Balaban J connectivity index is 1.21. The molecule has 6 aromatic rings. The molecule has 0 aliphatic carbocycles. The van der Waals surface area contributed by atoms with Crippen molar-refractivity contribution in [1.82, 2.24) is 9.97 Å². The van der Waals surface area contributed by atoms with E-state index in [1.54, 1.807) is 24.3 Å². The normalized spacial score (nSPS) is 13.2. The van der Waals surface area contributed by atoms with Gasteiger partial charge in [0.05, 0.1) is 68.4 Å². The lowest BCUT2D eigenvalue weighted by Crippen LogP contribution is -2.40. The molecular formula is C51H51F3N6. The van der Waals surface area contributed by atoms with Gasteiger partial charge < -0.3 is 0 Å². The van der Waals surface area contributed by atoms with Gasteiger partial charge in [0.25, 0.3) is 0 Å². The van der Waals surface area contributed by atoms with E-state index in [0.29, 0.717) is 34.2 Å². The fourth-order valence-electron chi connectivity index (χ4n) is 7.56. The first kappa shape index (κ1) is 43.2. The summed E-state index contributed by atoms with van der Waals surface area (Å²) in [5.41, 5.74) is 13.1. The summed E-state index contributed by atoms with van der Waals surface area (Å²) in [5.74, 6) is 0. The Hall–Kier alpha value is -6.35. The second-order valence-corrected chi connectivity index (χ2v) is 15.8. The maximum atomic E-state index is 15.1. The van der Waals surface area contributed by atoms with E-state index in [-0.39, 0.29) is 11.1 Å². The fraction of sp³-hybridized carbons (Fsp3) is 0.255. The monoisotopic (exact) mass is 804 g/mol. The minimum atomic E-state index is -4.59. The summed E-state index contributed by atoms with van der Waals surface area (Å²) in [6, 6.07) is 32.2. The quantitative estimate of drug-likeness (QED) is 0.129. The van der Waals surface area contributed by atoms with Crippen molar-refractivity contribution in [3.8, 4) is 0 Å². The average molecular weight is 805 g/mol. The molecule has 0 aliphatic heterocycles. The van der Waals surface area contributed by atoms with Crippen molar-refractivity contribution in [1.29, 1.82) is 0 Å². The first-order chi connectivity index (χ1) is 28.3. The summed E-state index contributed by atoms with van der Waals surface area (Å²) in [7, 11) is 0. The van der Waals surface area contributed by atoms with Crippen LogP contribution in [0, 0.1) is 41.5 Å². The van der Waals surface area contributed by atoms with E-state index in [2.05, 4.69) is 65.8 Å². The zero-order valence-electron chi connectivity index (χ0n) is 36.2. The predicted molar refractivity (Wildman–Crippen MR) is 243 cm³/mol. The van der Waals surface area contributed by atoms with Crippen LogP contribution >= 0.6 is 0 Å². The third-order valence-electron chi connectivity index (χ3n) is 10.9. The third-order valence-corrected chi connectivity index (χ3v) is 10.9. The highest BCUT2D eigenvalue weighted by molar-refractivity contribution is 6.03. The molecule has 0 spiro atoms. The Morgan fingerprint density at radius 3 is 1.00 bits per heavy atom. The van der Waals surface area contributed by atoms with Crippen LogP contribution in [0.15, 0.2) is 129 Å². The van der Waals surface area contributed by atoms with Gasteiger partial charge in [-0.3, -0.25) is 20.0 Å². The standard InChI is InChI=1S/C51H51F3N6/c1-30-26-32(3)48(33(4)27-30)57-38(9)46-16-12-14-44(59-46)36(7)55-42-22-18-40(19-23-42)50(11,51(52,53)54)41-20-24-43(25-21-41)56-37(8)45-15-13-17-47(60-45)39(10)58-49-34(5)28-31(2)29-35(49)6/h12-29H,1-11H3/b55-36+,56-37+,57-38+,58-39+. The summed E-state index contributed by atoms with van der Waals surface area (Å²) in [4.78, 5) is 28.9. The number of hydrogen-bond donors (Lipinski definition) is 0. The van der Waals surface area contributed by atoms with Crippen LogP contribution in [0.2, 0.25) is 0 Å². The number of pyridine rings is 2. The van der Waals surface area contributed by atoms with Crippen LogP contribution in [0.25, 0.3) is 0 Å². The smallest absolute Gasteiger partial charge is 0.252 e. The van der Waals surface area contributed by atoms with E-state index in [9.17, 15) is 0 Å². The molecular weight excluding hydrogens is 754 g/mol. The van der Waals surface area contributed by atoms with E-state index in [1.807, 2.05) is 64.1 Å². The molecule has 4 aromatic carbocycles. The molecule has 0 N–H and O–H groups in total. The van der Waals surface area contributed by atoms with Gasteiger partial charge >= 0.3 is 6.18 Å². The molecule has 6 nitrogen and oxygen atoms in total. The summed E-state index contributed by atoms with van der Waals surface area (Å²) in [6.07, 6.45) is -4.59. The van der Waals surface area contributed by atoms with Gasteiger partial charge in [-0.25, -0.2) is 9.97 Å². The van der Waals surface area contributed by atoms with Crippen molar-refractivity contribution in [3.63, 3.8) is 0 Å². The Morgan fingerprint density at radius 1 is 0.433 bits per heavy atom. The largest absolute Gasteiger partial charge is 0.402 e. The van der Waals surface area contributed by atoms with Crippen molar-refractivity contribution >= 4 is 45.6 Å². The van der Waals surface area contributed by atoms with E-state index >= 15 is 13.2 Å². The van der Waals surface area contributed by atoms with Crippen LogP contribution in [0.4, 0.5) is 35.9 Å². The van der Waals surface area contributed by atoms with Gasteiger partial charge in [0, 0.05) is 0 Å². The number of alkyl halides is 3. The number of halogens is 3. The molecule has 2 heterocycles. The van der Waals surface area contributed by atoms with Crippen LogP contribution in [0.5, 0.6) is 0 Å². The Labute approximate surface area is 351 Å². The molecule has 0 fully saturated rings. The number of rotatable bonds is 10. The van der Waals surface area contributed by atoms with Gasteiger partial charge in [-0.2, -0.15) is 13.2 Å². The lowest BCUT2D eigenvalue weighted by Gasteiger charge is -2.33.